The van der Waals surface area contributed by atoms with Crippen molar-refractivity contribution < 1.29 is 4.74 Å². The molecule has 0 amide bonds. The van der Waals surface area contributed by atoms with Gasteiger partial charge < -0.3 is 10.5 Å². The third-order valence-electron chi connectivity index (χ3n) is 2.31. The average Bonchev–Trinajstić information content (AvgIpc) is 2.54. The molecule has 0 aliphatic carbocycles. The highest BCUT2D eigenvalue weighted by atomic mass is 16.5. The fourth-order valence-corrected chi connectivity index (χ4v) is 1.65. The van der Waals surface area contributed by atoms with Gasteiger partial charge in [0.15, 0.2) is 0 Å². The van der Waals surface area contributed by atoms with E-state index in [0.717, 1.165) is 31.9 Å². The van der Waals surface area contributed by atoms with Gasteiger partial charge in [0.2, 0.25) is 5.95 Å². The molecule has 1 atom stereocenters. The van der Waals surface area contributed by atoms with E-state index in [2.05, 4.69) is 15.0 Å². The van der Waals surface area contributed by atoms with Crippen molar-refractivity contribution in [3.05, 3.63) is 11.6 Å². The van der Waals surface area contributed by atoms with Crippen molar-refractivity contribution in [1.29, 1.82) is 0 Å². The van der Waals surface area contributed by atoms with E-state index in [9.17, 15) is 0 Å². The summed E-state index contributed by atoms with van der Waals surface area (Å²) in [5, 5.41) is 0. The van der Waals surface area contributed by atoms with Crippen LogP contribution in [0.25, 0.3) is 0 Å². The number of ether oxygens (including phenoxy) is 1. The van der Waals surface area contributed by atoms with Crippen LogP contribution in [0.4, 0.5) is 5.95 Å². The van der Waals surface area contributed by atoms with Crippen LogP contribution in [0.15, 0.2) is 0 Å². The fraction of sp³-hybridized carbons (Fsp3) is 0.667. The van der Waals surface area contributed by atoms with Crippen molar-refractivity contribution in [3.8, 4) is 0 Å². The minimum absolute atomic E-state index is 0.311. The van der Waals surface area contributed by atoms with Gasteiger partial charge in [-0.3, -0.25) is 0 Å². The van der Waals surface area contributed by atoms with Gasteiger partial charge in [0, 0.05) is 19.6 Å². The summed E-state index contributed by atoms with van der Waals surface area (Å²) in [7, 11) is 0. The summed E-state index contributed by atoms with van der Waals surface area (Å²) >= 11 is 0. The van der Waals surface area contributed by atoms with Crippen LogP contribution in [0.3, 0.4) is 0 Å². The Morgan fingerprint density at radius 1 is 1.43 bits per heavy atom. The molecule has 0 saturated carbocycles. The summed E-state index contributed by atoms with van der Waals surface area (Å²) in [4.78, 5) is 12.3. The summed E-state index contributed by atoms with van der Waals surface area (Å²) < 4.78 is 5.29. The van der Waals surface area contributed by atoms with Crippen LogP contribution in [-0.4, -0.2) is 28.2 Å². The molecular formula is C9H14N4O. The molecule has 76 valence electrons. The number of anilines is 1. The Kier molecular flexibility index (Phi) is 2.58. The van der Waals surface area contributed by atoms with Gasteiger partial charge >= 0.3 is 0 Å². The van der Waals surface area contributed by atoms with Crippen LogP contribution < -0.4 is 5.73 Å². The maximum Gasteiger partial charge on any atom is 0.223 e. The van der Waals surface area contributed by atoms with Gasteiger partial charge in [-0.25, -0.2) is 4.98 Å². The van der Waals surface area contributed by atoms with Crippen LogP contribution in [-0.2, 0) is 11.2 Å². The lowest BCUT2D eigenvalue weighted by Crippen LogP contribution is -2.10. The van der Waals surface area contributed by atoms with E-state index >= 15 is 0 Å². The lowest BCUT2D eigenvalue weighted by Gasteiger charge is -2.06. The molecule has 1 aliphatic rings. The van der Waals surface area contributed by atoms with E-state index < -0.39 is 0 Å². The number of nitrogens with zero attached hydrogens (tertiary/aromatic N) is 3. The topological polar surface area (TPSA) is 73.9 Å². The van der Waals surface area contributed by atoms with Crippen molar-refractivity contribution in [2.24, 2.45) is 5.92 Å². The standard InChI is InChI=1S/C9H14N4O/c1-6-11-8(13-9(10)12-6)4-7-2-3-14-5-7/h7H,2-5H2,1H3,(H2,10,11,12,13). The van der Waals surface area contributed by atoms with Gasteiger partial charge in [-0.05, 0) is 19.3 Å². The Morgan fingerprint density at radius 3 is 2.93 bits per heavy atom. The zero-order valence-electron chi connectivity index (χ0n) is 8.23. The molecule has 2 N–H and O–H groups in total. The number of nitrogens with two attached hydrogens (primary N) is 1. The summed E-state index contributed by atoms with van der Waals surface area (Å²) in [5.41, 5.74) is 5.54. The second kappa shape index (κ2) is 3.88. The van der Waals surface area contributed by atoms with Crippen molar-refractivity contribution >= 4 is 5.95 Å². The third-order valence-corrected chi connectivity index (χ3v) is 2.31. The Hall–Kier alpha value is -1.23. The molecule has 0 aromatic carbocycles. The number of hydrogen-bond donors (Lipinski definition) is 1. The van der Waals surface area contributed by atoms with Gasteiger partial charge in [0.25, 0.3) is 0 Å². The first-order valence-corrected chi connectivity index (χ1v) is 4.79. The largest absolute Gasteiger partial charge is 0.381 e. The Morgan fingerprint density at radius 2 is 2.29 bits per heavy atom. The Labute approximate surface area is 82.7 Å². The Bertz CT molecular complexity index is 302. The highest BCUT2D eigenvalue weighted by Crippen LogP contribution is 2.16. The highest BCUT2D eigenvalue weighted by molar-refractivity contribution is 5.15. The lowest BCUT2D eigenvalue weighted by molar-refractivity contribution is 0.185. The fourth-order valence-electron chi connectivity index (χ4n) is 1.65. The first-order chi connectivity index (χ1) is 6.74. The molecule has 0 spiro atoms. The second-order valence-electron chi connectivity index (χ2n) is 3.59. The van der Waals surface area contributed by atoms with Crippen LogP contribution >= 0.6 is 0 Å². The van der Waals surface area contributed by atoms with Crippen molar-refractivity contribution in [2.75, 3.05) is 18.9 Å². The lowest BCUT2D eigenvalue weighted by atomic mass is 10.1. The van der Waals surface area contributed by atoms with Crippen LogP contribution in [0.2, 0.25) is 0 Å². The summed E-state index contributed by atoms with van der Waals surface area (Å²) in [6.07, 6.45) is 1.93. The number of nitrogen functional groups attached to an aromatic ring is 1. The Balaban J connectivity index is 2.07. The van der Waals surface area contributed by atoms with Gasteiger partial charge in [0.1, 0.15) is 11.6 Å². The first-order valence-electron chi connectivity index (χ1n) is 4.79. The van der Waals surface area contributed by atoms with Gasteiger partial charge in [-0.2, -0.15) is 9.97 Å². The molecule has 2 rings (SSSR count). The molecule has 5 nitrogen and oxygen atoms in total. The van der Waals surface area contributed by atoms with Gasteiger partial charge in [-0.15, -0.1) is 0 Å². The first kappa shape index (κ1) is 9.33. The molecule has 1 aromatic heterocycles. The predicted octanol–water partition coefficient (Wildman–Crippen LogP) is 0.341. The normalized spacial score (nSPS) is 21.4. The monoisotopic (exact) mass is 194 g/mol. The zero-order valence-corrected chi connectivity index (χ0v) is 8.23. The van der Waals surface area contributed by atoms with E-state index in [4.69, 9.17) is 10.5 Å². The number of aryl methyl sites for hydroxylation is 1. The van der Waals surface area contributed by atoms with Crippen molar-refractivity contribution in [1.82, 2.24) is 15.0 Å². The summed E-state index contributed by atoms with van der Waals surface area (Å²) in [6.45, 7) is 3.49. The van der Waals surface area contributed by atoms with E-state index in [-0.39, 0.29) is 0 Å². The smallest absolute Gasteiger partial charge is 0.223 e. The van der Waals surface area contributed by atoms with E-state index in [0.29, 0.717) is 17.7 Å². The van der Waals surface area contributed by atoms with Gasteiger partial charge in [-0.1, -0.05) is 0 Å². The molecule has 1 aromatic rings. The van der Waals surface area contributed by atoms with Crippen LogP contribution in [0.1, 0.15) is 18.1 Å². The molecule has 0 radical (unpaired) electrons. The minimum atomic E-state index is 0.311. The van der Waals surface area contributed by atoms with E-state index in [1.54, 1.807) is 0 Å². The maximum atomic E-state index is 5.54. The molecule has 0 bridgehead atoms. The van der Waals surface area contributed by atoms with Crippen molar-refractivity contribution in [3.63, 3.8) is 0 Å². The van der Waals surface area contributed by atoms with Crippen LogP contribution in [0, 0.1) is 12.8 Å². The maximum absolute atomic E-state index is 5.54. The second-order valence-corrected chi connectivity index (χ2v) is 3.59. The zero-order chi connectivity index (χ0) is 9.97. The average molecular weight is 194 g/mol. The molecule has 1 fully saturated rings. The quantitative estimate of drug-likeness (QED) is 0.735. The predicted molar refractivity (Wildman–Crippen MR) is 51.6 cm³/mol. The van der Waals surface area contributed by atoms with E-state index in [1.807, 2.05) is 6.92 Å². The van der Waals surface area contributed by atoms with Crippen LogP contribution in [0.5, 0.6) is 0 Å². The van der Waals surface area contributed by atoms with Gasteiger partial charge in [0.05, 0.1) is 0 Å². The number of hydrogen-bond acceptors (Lipinski definition) is 5. The summed E-state index contributed by atoms with van der Waals surface area (Å²) in [5.74, 6) is 2.32. The molecular weight excluding hydrogens is 180 g/mol. The van der Waals surface area contributed by atoms with Crippen molar-refractivity contribution in [2.45, 2.75) is 19.8 Å². The third kappa shape index (κ3) is 2.17. The summed E-state index contributed by atoms with van der Waals surface area (Å²) in [6, 6.07) is 0. The molecule has 1 aliphatic heterocycles. The molecule has 2 heterocycles. The molecule has 1 saturated heterocycles. The number of rotatable bonds is 2. The number of aromatic nitrogens is 3. The minimum Gasteiger partial charge on any atom is -0.381 e. The van der Waals surface area contributed by atoms with E-state index in [1.165, 1.54) is 0 Å². The SMILES string of the molecule is Cc1nc(N)nc(CC2CCOC2)n1. The highest BCUT2D eigenvalue weighted by Gasteiger charge is 2.17. The molecule has 5 heteroatoms. The molecule has 1 unspecified atom stereocenters. The molecule has 14 heavy (non-hydrogen) atoms.